The topological polar surface area (TPSA) is 35.5 Å². The van der Waals surface area contributed by atoms with Crippen molar-refractivity contribution < 1.29 is 23.0 Å². The molecule has 0 heterocycles. The van der Waals surface area contributed by atoms with E-state index in [0.717, 1.165) is 11.1 Å². The first-order chi connectivity index (χ1) is 8.97. The van der Waals surface area contributed by atoms with Crippen LogP contribution in [0.1, 0.15) is 23.6 Å². The van der Waals surface area contributed by atoms with Gasteiger partial charge in [0, 0.05) is 11.4 Å². The maximum Gasteiger partial charge on any atom is 0.387 e. The third kappa shape index (κ3) is 4.67. The number of rotatable bonds is 6. The Bertz CT molecular complexity index is 450. The van der Waals surface area contributed by atoms with Gasteiger partial charge in [0.1, 0.15) is 5.75 Å². The minimum absolute atomic E-state index is 0.0191. The van der Waals surface area contributed by atoms with E-state index in [0.29, 0.717) is 5.56 Å². The first-order valence-electron chi connectivity index (χ1n) is 5.76. The lowest BCUT2D eigenvalue weighted by Crippen LogP contribution is -2.11. The van der Waals surface area contributed by atoms with Gasteiger partial charge in [-0.1, -0.05) is 6.07 Å². The van der Waals surface area contributed by atoms with E-state index in [4.69, 9.17) is 16.3 Å². The second-order valence-corrected chi connectivity index (χ2v) is 4.15. The Balaban J connectivity index is 3.06. The van der Waals surface area contributed by atoms with Gasteiger partial charge in [0.2, 0.25) is 0 Å². The summed E-state index contributed by atoms with van der Waals surface area (Å²) in [6.07, 6.45) is -0.125. The number of carbonyl (C=O) groups excluding carboxylic acids is 1. The molecule has 0 bridgehead atoms. The number of hydrogen-bond acceptors (Lipinski definition) is 3. The monoisotopic (exact) mass is 292 g/mol. The molecule has 0 N–H and O–H groups in total. The molecule has 1 aromatic rings. The van der Waals surface area contributed by atoms with E-state index in [1.54, 1.807) is 19.9 Å². The number of halogens is 3. The van der Waals surface area contributed by atoms with Crippen LogP contribution < -0.4 is 4.74 Å². The molecule has 6 heteroatoms. The highest BCUT2D eigenvalue weighted by Gasteiger charge is 2.15. The van der Waals surface area contributed by atoms with Crippen molar-refractivity contribution in [2.24, 2.45) is 0 Å². The molecular weight excluding hydrogens is 278 g/mol. The first kappa shape index (κ1) is 15.7. The van der Waals surface area contributed by atoms with Crippen molar-refractivity contribution >= 4 is 17.6 Å². The number of ether oxygens (including phenoxy) is 2. The molecule has 0 saturated carbocycles. The van der Waals surface area contributed by atoms with E-state index in [1.165, 1.54) is 6.07 Å². The highest BCUT2D eigenvalue weighted by molar-refractivity contribution is 6.17. The number of aryl methyl sites for hydroxylation is 1. The molecule has 19 heavy (non-hydrogen) atoms. The third-order valence-corrected chi connectivity index (χ3v) is 2.81. The van der Waals surface area contributed by atoms with Crippen LogP contribution in [0.15, 0.2) is 12.1 Å². The van der Waals surface area contributed by atoms with Gasteiger partial charge in [-0.05, 0) is 31.0 Å². The Morgan fingerprint density at radius 2 is 2.05 bits per heavy atom. The molecule has 0 radical (unpaired) electrons. The zero-order valence-corrected chi connectivity index (χ0v) is 11.5. The Kier molecular flexibility index (Phi) is 6.02. The molecule has 0 saturated heterocycles. The van der Waals surface area contributed by atoms with Crippen molar-refractivity contribution in [3.05, 3.63) is 28.8 Å². The molecule has 0 aliphatic heterocycles. The summed E-state index contributed by atoms with van der Waals surface area (Å²) in [5.41, 5.74) is 1.85. The lowest BCUT2D eigenvalue weighted by molar-refractivity contribution is -0.142. The average Bonchev–Trinajstić information content (AvgIpc) is 2.32. The van der Waals surface area contributed by atoms with Crippen LogP contribution in [0.25, 0.3) is 0 Å². The zero-order chi connectivity index (χ0) is 14.4. The SMILES string of the molecule is CCOC(=O)Cc1cc(CCl)c(C)cc1OC(F)F. The predicted octanol–water partition coefficient (Wildman–Crippen LogP) is 3.44. The average molecular weight is 293 g/mol. The number of esters is 1. The predicted molar refractivity (Wildman–Crippen MR) is 67.7 cm³/mol. The third-order valence-electron chi connectivity index (χ3n) is 2.52. The lowest BCUT2D eigenvalue weighted by atomic mass is 10.0. The van der Waals surface area contributed by atoms with E-state index >= 15 is 0 Å². The van der Waals surface area contributed by atoms with E-state index in [2.05, 4.69) is 4.74 Å². The van der Waals surface area contributed by atoms with Crippen LogP contribution in [0.4, 0.5) is 8.78 Å². The summed E-state index contributed by atoms with van der Waals surface area (Å²) in [6.45, 7) is 0.706. The molecule has 0 atom stereocenters. The van der Waals surface area contributed by atoms with E-state index in [-0.39, 0.29) is 24.7 Å². The maximum absolute atomic E-state index is 12.3. The largest absolute Gasteiger partial charge is 0.466 e. The smallest absolute Gasteiger partial charge is 0.387 e. The van der Waals surface area contributed by atoms with Crippen molar-refractivity contribution in [2.45, 2.75) is 32.8 Å². The minimum Gasteiger partial charge on any atom is -0.466 e. The van der Waals surface area contributed by atoms with Gasteiger partial charge in [-0.2, -0.15) is 8.78 Å². The summed E-state index contributed by atoms with van der Waals surface area (Å²) in [6, 6.07) is 3.05. The fourth-order valence-electron chi connectivity index (χ4n) is 1.63. The maximum atomic E-state index is 12.3. The van der Waals surface area contributed by atoms with Gasteiger partial charge in [0.15, 0.2) is 0 Å². The molecule has 0 aliphatic rings. The molecule has 0 amide bonds. The summed E-state index contributed by atoms with van der Waals surface area (Å²) in [5, 5.41) is 0. The molecular formula is C13H15ClF2O3. The molecule has 106 valence electrons. The molecule has 0 fully saturated rings. The molecule has 0 aromatic heterocycles. The van der Waals surface area contributed by atoms with Gasteiger partial charge in [-0.3, -0.25) is 4.79 Å². The number of carbonyl (C=O) groups is 1. The van der Waals surface area contributed by atoms with Crippen LogP contribution in [0.2, 0.25) is 0 Å². The fraction of sp³-hybridized carbons (Fsp3) is 0.462. The van der Waals surface area contributed by atoms with Gasteiger partial charge in [0.25, 0.3) is 0 Å². The number of hydrogen-bond donors (Lipinski definition) is 0. The quantitative estimate of drug-likeness (QED) is 0.595. The first-order valence-corrected chi connectivity index (χ1v) is 6.30. The van der Waals surface area contributed by atoms with Crippen LogP contribution in [0, 0.1) is 6.92 Å². The van der Waals surface area contributed by atoms with E-state index < -0.39 is 12.6 Å². The van der Waals surface area contributed by atoms with Crippen LogP contribution in [-0.2, 0) is 21.8 Å². The molecule has 1 rings (SSSR count). The van der Waals surface area contributed by atoms with Crippen LogP contribution >= 0.6 is 11.6 Å². The molecule has 0 spiro atoms. The molecule has 0 aliphatic carbocycles. The van der Waals surface area contributed by atoms with Gasteiger partial charge >= 0.3 is 12.6 Å². The summed E-state index contributed by atoms with van der Waals surface area (Å²) < 4.78 is 33.9. The Labute approximate surface area is 115 Å². The molecule has 1 aromatic carbocycles. The highest BCUT2D eigenvalue weighted by Crippen LogP contribution is 2.27. The number of benzene rings is 1. The van der Waals surface area contributed by atoms with Gasteiger partial charge in [-0.25, -0.2) is 0 Å². The highest BCUT2D eigenvalue weighted by atomic mass is 35.5. The Morgan fingerprint density at radius 3 is 2.58 bits per heavy atom. The Hall–Kier alpha value is -1.36. The number of alkyl halides is 3. The van der Waals surface area contributed by atoms with Crippen molar-refractivity contribution in [1.82, 2.24) is 0 Å². The normalized spacial score (nSPS) is 10.6. The van der Waals surface area contributed by atoms with Crippen LogP contribution in [0.3, 0.4) is 0 Å². The van der Waals surface area contributed by atoms with Crippen LogP contribution in [0.5, 0.6) is 5.75 Å². The standard InChI is InChI=1S/C13H15ClF2O3/c1-3-18-12(17)6-9-5-10(7-14)8(2)4-11(9)19-13(15)16/h4-5,13H,3,6-7H2,1-2H3. The van der Waals surface area contributed by atoms with Crippen molar-refractivity contribution in [3.8, 4) is 5.75 Å². The Morgan fingerprint density at radius 1 is 1.37 bits per heavy atom. The van der Waals surface area contributed by atoms with Gasteiger partial charge in [0.05, 0.1) is 13.0 Å². The minimum atomic E-state index is -2.94. The molecule has 0 unspecified atom stereocenters. The zero-order valence-electron chi connectivity index (χ0n) is 10.7. The summed E-state index contributed by atoms with van der Waals surface area (Å²) in [5.74, 6) is -0.281. The van der Waals surface area contributed by atoms with Gasteiger partial charge < -0.3 is 9.47 Å². The molecule has 3 nitrogen and oxygen atoms in total. The lowest BCUT2D eigenvalue weighted by Gasteiger charge is -2.13. The van der Waals surface area contributed by atoms with E-state index in [9.17, 15) is 13.6 Å². The van der Waals surface area contributed by atoms with Crippen molar-refractivity contribution in [2.75, 3.05) is 6.61 Å². The van der Waals surface area contributed by atoms with Crippen LogP contribution in [-0.4, -0.2) is 19.2 Å². The van der Waals surface area contributed by atoms with Crippen molar-refractivity contribution in [1.29, 1.82) is 0 Å². The van der Waals surface area contributed by atoms with E-state index in [1.807, 2.05) is 0 Å². The van der Waals surface area contributed by atoms with Gasteiger partial charge in [-0.15, -0.1) is 11.6 Å². The summed E-state index contributed by atoms with van der Waals surface area (Å²) in [7, 11) is 0. The fourth-order valence-corrected chi connectivity index (χ4v) is 1.92. The summed E-state index contributed by atoms with van der Waals surface area (Å²) in [4.78, 5) is 11.4. The second kappa shape index (κ2) is 7.28. The summed E-state index contributed by atoms with van der Waals surface area (Å²) >= 11 is 5.75. The van der Waals surface area contributed by atoms with Crippen molar-refractivity contribution in [3.63, 3.8) is 0 Å². The second-order valence-electron chi connectivity index (χ2n) is 3.88.